The molecule has 0 spiro atoms. The number of halogens is 2. The van der Waals surface area contributed by atoms with Crippen molar-refractivity contribution in [1.82, 2.24) is 0 Å². The Balaban J connectivity index is 2.10. The van der Waals surface area contributed by atoms with Gasteiger partial charge in [0, 0.05) is 17.4 Å². The molecule has 0 fully saturated rings. The van der Waals surface area contributed by atoms with Crippen molar-refractivity contribution in [3.8, 4) is 0 Å². The maximum Gasteiger partial charge on any atom is 0.334 e. The first-order valence-corrected chi connectivity index (χ1v) is 8.06. The Hall–Kier alpha value is -1.36. The fourth-order valence-corrected chi connectivity index (χ4v) is 3.49. The zero-order valence-corrected chi connectivity index (χ0v) is 12.8. The molecule has 0 bridgehead atoms. The SMILES string of the molecule is CCOC(=O)C1=C(SCc2ccc(F)cc2F)CCCC1. The van der Waals surface area contributed by atoms with Crippen LogP contribution < -0.4 is 0 Å². The predicted molar refractivity (Wildman–Crippen MR) is 79.8 cm³/mol. The Morgan fingerprint density at radius 3 is 2.76 bits per heavy atom. The van der Waals surface area contributed by atoms with Gasteiger partial charge in [0.15, 0.2) is 0 Å². The van der Waals surface area contributed by atoms with Crippen molar-refractivity contribution in [2.75, 3.05) is 6.61 Å². The van der Waals surface area contributed by atoms with Gasteiger partial charge < -0.3 is 4.74 Å². The first-order chi connectivity index (χ1) is 10.1. The molecule has 0 N–H and O–H groups in total. The van der Waals surface area contributed by atoms with Crippen LogP contribution in [0.1, 0.15) is 38.2 Å². The van der Waals surface area contributed by atoms with Gasteiger partial charge in [0.25, 0.3) is 0 Å². The standard InChI is InChI=1S/C16H18F2O2S/c1-2-20-16(19)13-5-3-4-6-15(13)21-10-11-7-8-12(17)9-14(11)18/h7-9H,2-6,10H2,1H3. The maximum atomic E-state index is 13.6. The van der Waals surface area contributed by atoms with E-state index >= 15 is 0 Å². The molecular formula is C16H18F2O2S. The molecule has 0 unspecified atom stereocenters. The van der Waals surface area contributed by atoms with E-state index < -0.39 is 11.6 Å². The molecular weight excluding hydrogens is 294 g/mol. The Kier molecular flexibility index (Phi) is 5.79. The fraction of sp³-hybridized carbons (Fsp3) is 0.438. The van der Waals surface area contributed by atoms with E-state index in [4.69, 9.17) is 4.74 Å². The number of ether oxygens (including phenoxy) is 1. The second-order valence-corrected chi connectivity index (χ2v) is 5.92. The van der Waals surface area contributed by atoms with Crippen LogP contribution in [0.2, 0.25) is 0 Å². The lowest BCUT2D eigenvalue weighted by Gasteiger charge is -2.18. The molecule has 1 aromatic rings. The molecule has 0 saturated heterocycles. The van der Waals surface area contributed by atoms with E-state index in [0.29, 0.717) is 24.3 Å². The molecule has 0 radical (unpaired) electrons. The van der Waals surface area contributed by atoms with E-state index in [0.717, 1.165) is 35.8 Å². The average molecular weight is 312 g/mol. The maximum absolute atomic E-state index is 13.6. The van der Waals surface area contributed by atoms with Gasteiger partial charge in [-0.3, -0.25) is 0 Å². The number of allylic oxidation sites excluding steroid dienone is 1. The minimum absolute atomic E-state index is 0.265. The molecule has 1 aliphatic carbocycles. The van der Waals surface area contributed by atoms with Crippen LogP contribution in [0.4, 0.5) is 8.78 Å². The first kappa shape index (κ1) is 16.0. The normalized spacial score (nSPS) is 15.2. The number of hydrogen-bond acceptors (Lipinski definition) is 3. The monoisotopic (exact) mass is 312 g/mol. The first-order valence-electron chi connectivity index (χ1n) is 7.07. The lowest BCUT2D eigenvalue weighted by Crippen LogP contribution is -2.12. The quantitative estimate of drug-likeness (QED) is 0.744. The third-order valence-corrected chi connectivity index (χ3v) is 4.61. The summed E-state index contributed by atoms with van der Waals surface area (Å²) < 4.78 is 31.6. The molecule has 0 aliphatic heterocycles. The van der Waals surface area contributed by atoms with Crippen LogP contribution in [0.3, 0.4) is 0 Å². The zero-order valence-electron chi connectivity index (χ0n) is 12.0. The molecule has 114 valence electrons. The van der Waals surface area contributed by atoms with E-state index in [1.165, 1.54) is 23.9 Å². The molecule has 1 aromatic carbocycles. The molecule has 2 nitrogen and oxygen atoms in total. The minimum atomic E-state index is -0.578. The minimum Gasteiger partial charge on any atom is -0.463 e. The van der Waals surface area contributed by atoms with E-state index in [1.54, 1.807) is 6.92 Å². The van der Waals surface area contributed by atoms with Crippen LogP contribution in [0.15, 0.2) is 28.7 Å². The van der Waals surface area contributed by atoms with Crippen LogP contribution in [0.25, 0.3) is 0 Å². The molecule has 0 amide bonds. The lowest BCUT2D eigenvalue weighted by molar-refractivity contribution is -0.138. The number of benzene rings is 1. The smallest absolute Gasteiger partial charge is 0.334 e. The van der Waals surface area contributed by atoms with Crippen LogP contribution >= 0.6 is 11.8 Å². The average Bonchev–Trinajstić information content (AvgIpc) is 2.47. The highest BCUT2D eigenvalue weighted by atomic mass is 32.2. The van der Waals surface area contributed by atoms with Gasteiger partial charge >= 0.3 is 5.97 Å². The van der Waals surface area contributed by atoms with Gasteiger partial charge in [-0.25, -0.2) is 13.6 Å². The van der Waals surface area contributed by atoms with E-state index in [1.807, 2.05) is 0 Å². The summed E-state index contributed by atoms with van der Waals surface area (Å²) in [6.45, 7) is 2.13. The Morgan fingerprint density at radius 2 is 2.05 bits per heavy atom. The van der Waals surface area contributed by atoms with E-state index in [-0.39, 0.29) is 5.97 Å². The van der Waals surface area contributed by atoms with E-state index in [9.17, 15) is 13.6 Å². The zero-order chi connectivity index (χ0) is 15.2. The fourth-order valence-electron chi connectivity index (χ4n) is 2.27. The highest BCUT2D eigenvalue weighted by molar-refractivity contribution is 8.02. The third-order valence-electron chi connectivity index (χ3n) is 3.36. The molecule has 1 aliphatic rings. The van der Waals surface area contributed by atoms with Crippen LogP contribution in [-0.2, 0) is 15.3 Å². The highest BCUT2D eigenvalue weighted by Gasteiger charge is 2.20. The van der Waals surface area contributed by atoms with Gasteiger partial charge in [-0.15, -0.1) is 11.8 Å². The summed E-state index contributed by atoms with van der Waals surface area (Å²) >= 11 is 1.45. The molecule has 21 heavy (non-hydrogen) atoms. The summed E-state index contributed by atoms with van der Waals surface area (Å²) in [5, 5.41) is 0. The summed E-state index contributed by atoms with van der Waals surface area (Å²) in [5.74, 6) is -0.995. The van der Waals surface area contributed by atoms with Crippen molar-refractivity contribution in [2.45, 2.75) is 38.4 Å². The summed E-state index contributed by atoms with van der Waals surface area (Å²) in [5.41, 5.74) is 1.17. The summed E-state index contributed by atoms with van der Waals surface area (Å²) in [4.78, 5) is 12.9. The van der Waals surface area contributed by atoms with Crippen LogP contribution in [-0.4, -0.2) is 12.6 Å². The number of esters is 1. The van der Waals surface area contributed by atoms with Crippen LogP contribution in [0, 0.1) is 11.6 Å². The van der Waals surface area contributed by atoms with Gasteiger partial charge in [-0.1, -0.05) is 6.07 Å². The van der Waals surface area contributed by atoms with Crippen molar-refractivity contribution in [2.24, 2.45) is 0 Å². The van der Waals surface area contributed by atoms with Gasteiger partial charge in [0.2, 0.25) is 0 Å². The second-order valence-electron chi connectivity index (χ2n) is 4.85. The van der Waals surface area contributed by atoms with Gasteiger partial charge in [0.05, 0.1) is 6.61 Å². The number of carbonyl (C=O) groups is 1. The van der Waals surface area contributed by atoms with Crippen molar-refractivity contribution in [1.29, 1.82) is 0 Å². The molecule has 2 rings (SSSR count). The lowest BCUT2D eigenvalue weighted by atomic mass is 9.99. The van der Waals surface area contributed by atoms with Crippen molar-refractivity contribution >= 4 is 17.7 Å². The number of thioether (sulfide) groups is 1. The number of hydrogen-bond donors (Lipinski definition) is 0. The molecule has 0 atom stereocenters. The molecule has 0 aromatic heterocycles. The predicted octanol–water partition coefficient (Wildman–Crippen LogP) is 4.59. The summed E-state index contributed by atoms with van der Waals surface area (Å²) in [7, 11) is 0. The summed E-state index contributed by atoms with van der Waals surface area (Å²) in [6, 6.07) is 3.59. The largest absolute Gasteiger partial charge is 0.463 e. The Morgan fingerprint density at radius 1 is 1.29 bits per heavy atom. The molecule has 5 heteroatoms. The van der Waals surface area contributed by atoms with Crippen molar-refractivity contribution in [3.05, 3.63) is 45.9 Å². The molecule has 0 saturated carbocycles. The Bertz CT molecular complexity index is 555. The third kappa shape index (κ3) is 4.30. The number of rotatable bonds is 5. The van der Waals surface area contributed by atoms with Crippen molar-refractivity contribution in [3.63, 3.8) is 0 Å². The summed E-state index contributed by atoms with van der Waals surface area (Å²) in [6.07, 6.45) is 3.54. The molecule has 0 heterocycles. The number of carbonyl (C=O) groups excluding carboxylic acids is 1. The second kappa shape index (κ2) is 7.59. The highest BCUT2D eigenvalue weighted by Crippen LogP contribution is 2.35. The topological polar surface area (TPSA) is 26.3 Å². The van der Waals surface area contributed by atoms with Crippen LogP contribution in [0.5, 0.6) is 0 Å². The van der Waals surface area contributed by atoms with Gasteiger partial charge in [-0.2, -0.15) is 0 Å². The van der Waals surface area contributed by atoms with Gasteiger partial charge in [0.1, 0.15) is 11.6 Å². The Labute approximate surface area is 127 Å². The van der Waals surface area contributed by atoms with Gasteiger partial charge in [-0.05, 0) is 49.1 Å². The van der Waals surface area contributed by atoms with Crippen molar-refractivity contribution < 1.29 is 18.3 Å². The van der Waals surface area contributed by atoms with E-state index in [2.05, 4.69) is 0 Å².